The Morgan fingerprint density at radius 1 is 1.00 bits per heavy atom. The van der Waals surface area contributed by atoms with Crippen molar-refractivity contribution in [2.24, 2.45) is 0 Å². The van der Waals surface area contributed by atoms with Crippen LogP contribution in [0.4, 0.5) is 13.2 Å². The molecular weight excluding hydrogens is 521 g/mol. The highest BCUT2D eigenvalue weighted by atomic mass is 32.2. The molecule has 2 heterocycles. The van der Waals surface area contributed by atoms with Crippen molar-refractivity contribution < 1.29 is 31.5 Å². The van der Waals surface area contributed by atoms with Crippen LogP contribution in [0.5, 0.6) is 0 Å². The van der Waals surface area contributed by atoms with Gasteiger partial charge in [-0.25, -0.2) is 13.2 Å². The number of aromatic nitrogens is 1. The van der Waals surface area contributed by atoms with Crippen molar-refractivity contribution >= 4 is 26.8 Å². The summed E-state index contributed by atoms with van der Waals surface area (Å²) in [4.78, 5) is 25.3. The van der Waals surface area contributed by atoms with Gasteiger partial charge >= 0.3 is 12.1 Å². The number of sulfonamides is 1. The van der Waals surface area contributed by atoms with Crippen LogP contribution in [-0.2, 0) is 27.4 Å². The van der Waals surface area contributed by atoms with E-state index in [9.17, 15) is 36.3 Å². The monoisotopic (exact) mass is 542 g/mol. The summed E-state index contributed by atoms with van der Waals surface area (Å²) in [5.41, 5.74) is -1.22. The molecule has 1 atom stereocenters. The zero-order valence-electron chi connectivity index (χ0n) is 19.9. The summed E-state index contributed by atoms with van der Waals surface area (Å²) in [6.07, 6.45) is -4.69. The number of carbonyl (C=O) groups is 1. The van der Waals surface area contributed by atoms with Crippen molar-refractivity contribution in [3.63, 3.8) is 0 Å². The second-order valence-electron chi connectivity index (χ2n) is 9.09. The van der Waals surface area contributed by atoms with Gasteiger partial charge in [0, 0.05) is 25.2 Å². The van der Waals surface area contributed by atoms with Crippen molar-refractivity contribution in [1.29, 1.82) is 0 Å². The summed E-state index contributed by atoms with van der Waals surface area (Å²) in [5.74, 6) is -1.44. The van der Waals surface area contributed by atoms with Crippen molar-refractivity contribution in [2.75, 3.05) is 13.6 Å². The number of pyridine rings is 1. The first kappa shape index (κ1) is 25.7. The molecule has 0 spiro atoms. The van der Waals surface area contributed by atoms with Crippen LogP contribution in [0.3, 0.4) is 0 Å². The smallest absolute Gasteiger partial charge is 0.416 e. The van der Waals surface area contributed by atoms with E-state index in [2.05, 4.69) is 0 Å². The molecule has 11 heteroatoms. The third kappa shape index (κ3) is 4.27. The van der Waals surface area contributed by atoms with Crippen molar-refractivity contribution in [2.45, 2.75) is 23.7 Å². The molecule has 0 amide bonds. The number of hydrogen-bond acceptors (Lipinski definition) is 4. The molecule has 0 saturated carbocycles. The Bertz CT molecular complexity index is 1760. The minimum atomic E-state index is -4.71. The Labute approximate surface area is 215 Å². The van der Waals surface area contributed by atoms with Gasteiger partial charge < -0.3 is 5.11 Å². The van der Waals surface area contributed by atoms with Crippen molar-refractivity contribution in [1.82, 2.24) is 8.87 Å². The summed E-state index contributed by atoms with van der Waals surface area (Å²) in [5, 5.41) is 10.9. The van der Waals surface area contributed by atoms with Gasteiger partial charge in [-0.05, 0) is 46.0 Å². The largest absolute Gasteiger partial charge is 0.480 e. The molecule has 1 aromatic heterocycles. The van der Waals surface area contributed by atoms with Gasteiger partial charge in [0.15, 0.2) is 5.03 Å². The Morgan fingerprint density at radius 3 is 2.39 bits per heavy atom. The number of aliphatic carboxylic acids is 1. The van der Waals surface area contributed by atoms with Crippen LogP contribution in [0.25, 0.3) is 21.9 Å². The number of nitrogens with zero attached hydrogens (tertiary/aromatic N) is 2. The van der Waals surface area contributed by atoms with E-state index in [1.54, 1.807) is 12.1 Å². The van der Waals surface area contributed by atoms with E-state index in [4.69, 9.17) is 0 Å². The first-order chi connectivity index (χ1) is 17.9. The van der Waals surface area contributed by atoms with Gasteiger partial charge in [-0.15, -0.1) is 0 Å². The lowest BCUT2D eigenvalue weighted by atomic mass is 9.93. The molecule has 7 nitrogen and oxygen atoms in total. The predicted molar refractivity (Wildman–Crippen MR) is 134 cm³/mol. The Hall–Kier alpha value is -3.96. The number of benzene rings is 3. The van der Waals surface area contributed by atoms with Crippen LogP contribution in [0.1, 0.15) is 22.7 Å². The fourth-order valence-electron chi connectivity index (χ4n) is 4.91. The second kappa shape index (κ2) is 9.10. The minimum Gasteiger partial charge on any atom is -0.480 e. The quantitative estimate of drug-likeness (QED) is 0.409. The zero-order chi connectivity index (χ0) is 27.4. The van der Waals surface area contributed by atoms with Crippen LogP contribution in [-0.4, -0.2) is 42.0 Å². The average molecular weight is 543 g/mol. The maximum Gasteiger partial charge on any atom is 0.416 e. The fraction of sp³-hybridized carbons (Fsp3) is 0.185. The molecule has 0 unspecified atom stereocenters. The Balaban J connectivity index is 1.88. The van der Waals surface area contributed by atoms with E-state index in [1.165, 1.54) is 13.1 Å². The number of carboxylic acid groups (broad SMARTS) is 1. The van der Waals surface area contributed by atoms with E-state index in [-0.39, 0.29) is 23.1 Å². The van der Waals surface area contributed by atoms with Crippen LogP contribution < -0.4 is 5.56 Å². The molecule has 0 saturated heterocycles. The number of hydrogen-bond donors (Lipinski definition) is 1. The molecule has 1 aliphatic heterocycles. The highest BCUT2D eigenvalue weighted by molar-refractivity contribution is 7.89. The van der Waals surface area contributed by atoms with Crippen LogP contribution in [0, 0.1) is 0 Å². The van der Waals surface area contributed by atoms with Crippen LogP contribution >= 0.6 is 0 Å². The summed E-state index contributed by atoms with van der Waals surface area (Å²) < 4.78 is 69.5. The van der Waals surface area contributed by atoms with E-state index >= 15 is 0 Å². The maximum absolute atomic E-state index is 13.6. The summed E-state index contributed by atoms with van der Waals surface area (Å²) >= 11 is 0. The number of carboxylic acids is 1. The number of halogens is 3. The SMILES string of the molecule is CN1C[C@H](C(=O)O)n2c(c(-c3cccc(C(F)(F)F)c3)c(Cc3cccc4ccccc34)cc2=O)S1(=O)=O. The molecule has 38 heavy (non-hydrogen) atoms. The molecular formula is C27H21F3N2O5S. The Kier molecular flexibility index (Phi) is 6.15. The van der Waals surface area contributed by atoms with Gasteiger partial charge in [-0.3, -0.25) is 9.36 Å². The van der Waals surface area contributed by atoms with Gasteiger partial charge in [0.1, 0.15) is 6.04 Å². The van der Waals surface area contributed by atoms with Crippen LogP contribution in [0.15, 0.2) is 82.6 Å². The molecule has 0 aliphatic carbocycles. The molecule has 0 fully saturated rings. The molecule has 5 rings (SSSR count). The number of rotatable bonds is 4. The molecule has 1 aliphatic rings. The molecule has 0 bridgehead atoms. The number of alkyl halides is 3. The standard InChI is InChI=1S/C27H21F3N2O5S/c1-31-15-22(26(34)35)32-23(33)14-19(12-17-8-4-7-16-6-2-3-11-21(16)17)24(25(32)38(31,36)37)18-9-5-10-20(13-18)27(28,29)30/h2-11,13-14,22H,12,15H2,1H3,(H,34,35)/t22-/m1/s1. The van der Waals surface area contributed by atoms with Crippen LogP contribution in [0.2, 0.25) is 0 Å². The normalized spacial score (nSPS) is 17.3. The molecule has 3 aromatic carbocycles. The van der Waals surface area contributed by atoms with Gasteiger partial charge in [0.2, 0.25) is 0 Å². The van der Waals surface area contributed by atoms with Crippen molar-refractivity contribution in [3.8, 4) is 11.1 Å². The molecule has 0 radical (unpaired) electrons. The highest BCUT2D eigenvalue weighted by Crippen LogP contribution is 2.39. The van der Waals surface area contributed by atoms with E-state index in [0.717, 1.165) is 44.9 Å². The average Bonchev–Trinajstić information content (AvgIpc) is 2.86. The third-order valence-electron chi connectivity index (χ3n) is 6.71. The first-order valence-electron chi connectivity index (χ1n) is 11.5. The zero-order valence-corrected chi connectivity index (χ0v) is 20.8. The van der Waals surface area contributed by atoms with Crippen molar-refractivity contribution in [3.05, 3.63) is 99.8 Å². The number of likely N-dealkylation sites (N-methyl/N-ethyl adjacent to an activating group) is 1. The fourth-order valence-corrected chi connectivity index (χ4v) is 6.51. The summed E-state index contributed by atoms with van der Waals surface area (Å²) in [7, 11) is -3.27. The van der Waals surface area contributed by atoms with Gasteiger partial charge in [0.25, 0.3) is 15.6 Å². The number of fused-ring (bicyclic) bond motifs is 2. The van der Waals surface area contributed by atoms with Gasteiger partial charge in [-0.2, -0.15) is 17.5 Å². The third-order valence-corrected chi connectivity index (χ3v) is 8.57. The lowest BCUT2D eigenvalue weighted by Gasteiger charge is -2.33. The second-order valence-corrected chi connectivity index (χ2v) is 11.1. The van der Waals surface area contributed by atoms with E-state index < -0.39 is 50.9 Å². The Morgan fingerprint density at radius 2 is 1.68 bits per heavy atom. The highest BCUT2D eigenvalue weighted by Gasteiger charge is 2.42. The first-order valence-corrected chi connectivity index (χ1v) is 13.0. The van der Waals surface area contributed by atoms with E-state index in [1.807, 2.05) is 30.3 Å². The molecule has 196 valence electrons. The summed E-state index contributed by atoms with van der Waals surface area (Å²) in [6.45, 7) is -0.505. The predicted octanol–water partition coefficient (Wildman–Crippen LogP) is 4.54. The molecule has 4 aromatic rings. The molecule has 1 N–H and O–H groups in total. The lowest BCUT2D eigenvalue weighted by molar-refractivity contribution is -0.141. The maximum atomic E-state index is 13.6. The van der Waals surface area contributed by atoms with Gasteiger partial charge in [-0.1, -0.05) is 54.6 Å². The van der Waals surface area contributed by atoms with E-state index in [0.29, 0.717) is 4.57 Å². The topological polar surface area (TPSA) is 96.7 Å². The van der Waals surface area contributed by atoms with Gasteiger partial charge in [0.05, 0.1) is 5.56 Å². The minimum absolute atomic E-state index is 0.0208. The lowest BCUT2D eigenvalue weighted by Crippen LogP contribution is -2.48. The summed E-state index contributed by atoms with van der Waals surface area (Å²) in [6, 6.07) is 16.6.